The summed E-state index contributed by atoms with van der Waals surface area (Å²) in [6, 6.07) is 0. The Kier molecular flexibility index (Phi) is 34.5. The highest BCUT2D eigenvalue weighted by Crippen LogP contribution is 2.38. The molecule has 0 saturated heterocycles. The minimum atomic E-state index is -4.54. The first-order valence-corrected chi connectivity index (χ1v) is 22.3. The molecule has 3 atom stereocenters. The van der Waals surface area contributed by atoms with Crippen LogP contribution in [0.3, 0.4) is 0 Å². The predicted octanol–water partition coefficient (Wildman–Crippen LogP) is 10.2. The standard InChI is InChI=1S/C42H80NO8P/c1-6-8-10-11-12-13-14-15-16-17-21-24-27-31-36-48-38-41(39-50-52(46,47)49-37-35-43(3,4)5)51-42(45)34-30-26-23-20-18-19-22-25-29-33-40(44)32-28-9-7-2/h9,22,25,28-29,33,40-41,44H,6-8,10-21,23-24,26-27,30-32,34-39H2,1-5H3/b25-22+,28-9+,33-29+. The molecule has 1 N–H and O–H groups in total. The monoisotopic (exact) mass is 758 g/mol. The number of hydrogen-bond acceptors (Lipinski definition) is 8. The molecule has 3 unspecified atom stereocenters. The molecule has 0 spiro atoms. The maximum atomic E-state index is 12.6. The van der Waals surface area contributed by atoms with Gasteiger partial charge >= 0.3 is 5.97 Å². The fourth-order valence-corrected chi connectivity index (χ4v) is 6.25. The number of ether oxygens (including phenoxy) is 2. The first kappa shape index (κ1) is 50.7. The van der Waals surface area contributed by atoms with Gasteiger partial charge in [0.2, 0.25) is 0 Å². The van der Waals surface area contributed by atoms with Crippen LogP contribution in [0.25, 0.3) is 0 Å². The number of hydrogen-bond donors (Lipinski definition) is 1. The van der Waals surface area contributed by atoms with E-state index in [0.29, 0.717) is 30.5 Å². The van der Waals surface area contributed by atoms with Crippen LogP contribution >= 0.6 is 7.82 Å². The van der Waals surface area contributed by atoms with Crippen LogP contribution in [0.2, 0.25) is 0 Å². The van der Waals surface area contributed by atoms with Gasteiger partial charge in [0.25, 0.3) is 7.82 Å². The van der Waals surface area contributed by atoms with Crippen molar-refractivity contribution >= 4 is 13.8 Å². The number of rotatable bonds is 38. The maximum Gasteiger partial charge on any atom is 0.306 e. The van der Waals surface area contributed by atoms with E-state index >= 15 is 0 Å². The lowest BCUT2D eigenvalue weighted by atomic mass is 10.0. The van der Waals surface area contributed by atoms with Crippen LogP contribution in [0, 0.1) is 0 Å². The van der Waals surface area contributed by atoms with Gasteiger partial charge in [-0.05, 0) is 38.5 Å². The lowest BCUT2D eigenvalue weighted by Gasteiger charge is -2.28. The van der Waals surface area contributed by atoms with Crippen molar-refractivity contribution < 1.29 is 42.4 Å². The van der Waals surface area contributed by atoms with E-state index in [4.69, 9.17) is 18.5 Å². The highest BCUT2D eigenvalue weighted by atomic mass is 31.2. The van der Waals surface area contributed by atoms with Gasteiger partial charge in [-0.2, -0.15) is 0 Å². The Morgan fingerprint density at radius 2 is 1.29 bits per heavy atom. The number of nitrogens with zero attached hydrogens (tertiary/aromatic N) is 1. The maximum absolute atomic E-state index is 12.6. The van der Waals surface area contributed by atoms with Crippen LogP contribution in [0.15, 0.2) is 36.5 Å². The average Bonchev–Trinajstić information content (AvgIpc) is 3.08. The predicted molar refractivity (Wildman–Crippen MR) is 214 cm³/mol. The highest BCUT2D eigenvalue weighted by Gasteiger charge is 2.20. The van der Waals surface area contributed by atoms with Gasteiger partial charge in [-0.25, -0.2) is 0 Å². The average molecular weight is 758 g/mol. The molecule has 0 rings (SSSR count). The summed E-state index contributed by atoms with van der Waals surface area (Å²) in [5.41, 5.74) is 0. The SMILES string of the molecule is CC/C=C/CC(O)/C=C/C=C/CCCCCCCC(=O)OC(COCCCCCCCCCCCCCCCC)COP(=O)([O-])OCC[N+](C)(C)C. The van der Waals surface area contributed by atoms with Crippen molar-refractivity contribution in [3.05, 3.63) is 36.5 Å². The Labute approximate surface area is 319 Å². The second-order valence-corrected chi connectivity index (χ2v) is 16.6. The molecular formula is C42H80NO8P. The van der Waals surface area contributed by atoms with Gasteiger partial charge in [0, 0.05) is 13.0 Å². The molecular weight excluding hydrogens is 677 g/mol. The summed E-state index contributed by atoms with van der Waals surface area (Å²) in [6.45, 7) is 5.15. The Morgan fingerprint density at radius 1 is 0.712 bits per heavy atom. The number of phosphoric acid groups is 1. The molecule has 0 aromatic rings. The van der Waals surface area contributed by atoms with Crippen molar-refractivity contribution in [3.63, 3.8) is 0 Å². The molecule has 306 valence electrons. The summed E-state index contributed by atoms with van der Waals surface area (Å²) >= 11 is 0. The normalized spacial score (nSPS) is 14.8. The van der Waals surface area contributed by atoms with Crippen molar-refractivity contribution in [2.75, 3.05) is 54.1 Å². The molecule has 0 aliphatic carbocycles. The summed E-state index contributed by atoms with van der Waals surface area (Å²) in [5.74, 6) is -0.373. The van der Waals surface area contributed by atoms with E-state index in [1.807, 2.05) is 39.4 Å². The Hall–Kier alpha value is -1.32. The Bertz CT molecular complexity index is 949. The number of esters is 1. The van der Waals surface area contributed by atoms with E-state index < -0.39 is 20.0 Å². The molecule has 0 aromatic carbocycles. The van der Waals surface area contributed by atoms with E-state index in [-0.39, 0.29) is 32.2 Å². The summed E-state index contributed by atoms with van der Waals surface area (Å²) in [6.07, 6.45) is 36.2. The van der Waals surface area contributed by atoms with Crippen LogP contribution < -0.4 is 4.89 Å². The Balaban J connectivity index is 4.33. The van der Waals surface area contributed by atoms with E-state index in [9.17, 15) is 19.4 Å². The second kappa shape index (κ2) is 35.4. The largest absolute Gasteiger partial charge is 0.756 e. The van der Waals surface area contributed by atoms with Gasteiger partial charge in [-0.1, -0.05) is 153 Å². The molecule has 0 aliphatic rings. The van der Waals surface area contributed by atoms with E-state index in [1.54, 1.807) is 6.08 Å². The molecule has 0 fully saturated rings. The minimum Gasteiger partial charge on any atom is -0.756 e. The third-order valence-corrected chi connectivity index (χ3v) is 9.75. The van der Waals surface area contributed by atoms with Crippen LogP contribution in [0.5, 0.6) is 0 Å². The number of quaternary nitrogens is 1. The molecule has 0 bridgehead atoms. The van der Waals surface area contributed by atoms with Crippen molar-refractivity contribution in [1.82, 2.24) is 0 Å². The number of carbonyl (C=O) groups excluding carboxylic acids is 1. The van der Waals surface area contributed by atoms with E-state index in [2.05, 4.69) is 26.0 Å². The lowest BCUT2D eigenvalue weighted by Crippen LogP contribution is -2.37. The molecule has 0 heterocycles. The molecule has 0 amide bonds. The number of allylic oxidation sites excluding steroid dienone is 4. The van der Waals surface area contributed by atoms with Gasteiger partial charge in [-0.15, -0.1) is 0 Å². The summed E-state index contributed by atoms with van der Waals surface area (Å²) in [5, 5.41) is 9.88. The number of unbranched alkanes of at least 4 members (excludes halogenated alkanes) is 18. The second-order valence-electron chi connectivity index (χ2n) is 15.2. The number of aliphatic hydroxyl groups is 1. The lowest BCUT2D eigenvalue weighted by molar-refractivity contribution is -0.870. The smallest absolute Gasteiger partial charge is 0.306 e. The Morgan fingerprint density at radius 3 is 1.88 bits per heavy atom. The molecule has 0 aliphatic heterocycles. The van der Waals surface area contributed by atoms with Crippen LogP contribution in [0.4, 0.5) is 0 Å². The van der Waals surface area contributed by atoms with Crippen molar-refractivity contribution in [1.29, 1.82) is 0 Å². The first-order chi connectivity index (χ1) is 25.0. The zero-order valence-electron chi connectivity index (χ0n) is 34.1. The van der Waals surface area contributed by atoms with Crippen LogP contribution in [-0.4, -0.2) is 81.9 Å². The topological polar surface area (TPSA) is 114 Å². The summed E-state index contributed by atoms with van der Waals surface area (Å²) < 4.78 is 34.5. The minimum absolute atomic E-state index is 0.0129. The van der Waals surface area contributed by atoms with E-state index in [1.165, 1.54) is 77.0 Å². The number of phosphoric ester groups is 1. The molecule has 10 heteroatoms. The fourth-order valence-electron chi connectivity index (χ4n) is 5.52. The quantitative estimate of drug-likeness (QED) is 0.0165. The third-order valence-electron chi connectivity index (χ3n) is 8.79. The molecule has 0 aromatic heterocycles. The van der Waals surface area contributed by atoms with Crippen molar-refractivity contribution in [2.45, 2.75) is 174 Å². The van der Waals surface area contributed by atoms with Gasteiger partial charge in [0.15, 0.2) is 0 Å². The van der Waals surface area contributed by atoms with Crippen molar-refractivity contribution in [2.24, 2.45) is 0 Å². The highest BCUT2D eigenvalue weighted by molar-refractivity contribution is 7.45. The zero-order chi connectivity index (χ0) is 38.6. The fraction of sp³-hybridized carbons (Fsp3) is 0.833. The van der Waals surface area contributed by atoms with Crippen LogP contribution in [0.1, 0.15) is 162 Å². The third kappa shape index (κ3) is 38.4. The van der Waals surface area contributed by atoms with Crippen molar-refractivity contribution in [3.8, 4) is 0 Å². The zero-order valence-corrected chi connectivity index (χ0v) is 35.0. The summed E-state index contributed by atoms with van der Waals surface area (Å²) in [4.78, 5) is 25.0. The number of aliphatic hydroxyl groups excluding tert-OH is 1. The van der Waals surface area contributed by atoms with Gasteiger partial charge in [0.1, 0.15) is 19.3 Å². The summed E-state index contributed by atoms with van der Waals surface area (Å²) in [7, 11) is 1.31. The molecule has 52 heavy (non-hydrogen) atoms. The molecule has 0 radical (unpaired) electrons. The van der Waals surface area contributed by atoms with Gasteiger partial charge in [0.05, 0.1) is 40.5 Å². The first-order valence-electron chi connectivity index (χ1n) is 20.8. The molecule has 0 saturated carbocycles. The van der Waals surface area contributed by atoms with Gasteiger partial charge in [-0.3, -0.25) is 9.36 Å². The number of likely N-dealkylation sites (N-methyl/N-ethyl adjacent to an activating group) is 1. The van der Waals surface area contributed by atoms with Gasteiger partial charge < -0.3 is 33.0 Å². The molecule has 9 nitrogen and oxygen atoms in total. The number of carbonyl (C=O) groups is 1. The van der Waals surface area contributed by atoms with Crippen LogP contribution in [-0.2, 0) is 27.9 Å². The van der Waals surface area contributed by atoms with E-state index in [0.717, 1.165) is 51.4 Å².